The van der Waals surface area contributed by atoms with Crippen LogP contribution in [0.15, 0.2) is 18.3 Å². The fraction of sp³-hybridized carbons (Fsp3) is 0.500. The van der Waals surface area contributed by atoms with Crippen LogP contribution >= 0.6 is 35.1 Å². The van der Waals surface area contributed by atoms with Gasteiger partial charge in [-0.2, -0.15) is 0 Å². The predicted octanol–water partition coefficient (Wildman–Crippen LogP) is 4.09. The molecule has 0 amide bonds. The average Bonchev–Trinajstić information content (AvgIpc) is 2.32. The summed E-state index contributed by atoms with van der Waals surface area (Å²) in [5, 5.41) is 3.35. The molecule has 0 aliphatic carbocycles. The van der Waals surface area contributed by atoms with Crippen LogP contribution < -0.4 is 5.32 Å². The van der Waals surface area contributed by atoms with Gasteiger partial charge in [0.15, 0.2) is 4.69 Å². The number of nitrogens with one attached hydrogen (secondary N) is 1. The molecule has 0 aliphatic rings. The molecule has 1 aromatic rings. The molecule has 8 heteroatoms. The number of alkyl halides is 1. The van der Waals surface area contributed by atoms with Crippen LogP contribution in [0.25, 0.3) is 0 Å². The van der Waals surface area contributed by atoms with Crippen molar-refractivity contribution in [3.05, 3.63) is 23.5 Å². The van der Waals surface area contributed by atoms with Crippen molar-refractivity contribution in [2.75, 3.05) is 18.5 Å². The lowest BCUT2D eigenvalue weighted by Gasteiger charge is -2.23. The third kappa shape index (κ3) is 4.52. The molecule has 1 heterocycles. The monoisotopic (exact) mass is 356 g/mol. The van der Waals surface area contributed by atoms with Gasteiger partial charge in [-0.25, -0.2) is 4.98 Å². The molecule has 1 rings (SSSR count). The molecule has 0 saturated heterocycles. The van der Waals surface area contributed by atoms with E-state index in [1.807, 2.05) is 0 Å². The van der Waals surface area contributed by atoms with Crippen LogP contribution in [0.2, 0.25) is 5.15 Å². The van der Waals surface area contributed by atoms with E-state index in [4.69, 9.17) is 20.6 Å². The lowest BCUT2D eigenvalue weighted by molar-refractivity contribution is 0.220. The fourth-order valence-electron chi connectivity index (χ4n) is 1.21. The predicted molar refractivity (Wildman–Crippen MR) is 76.4 cm³/mol. The summed E-state index contributed by atoms with van der Waals surface area (Å²) in [5.74, 6) is 0. The Hall–Kier alpha value is -0.130. The fourth-order valence-corrected chi connectivity index (χ4v) is 3.65. The Balaban J connectivity index is 2.75. The topological polar surface area (TPSA) is 60.5 Å². The van der Waals surface area contributed by atoms with Gasteiger partial charge in [0.1, 0.15) is 5.15 Å². The number of anilines is 1. The number of halogens is 2. The number of hydrogen-bond acceptors (Lipinski definition) is 5. The van der Waals surface area contributed by atoms with Crippen LogP contribution in [-0.2, 0) is 13.6 Å². The Kier molecular flexibility index (Phi) is 6.60. The highest BCUT2D eigenvalue weighted by Gasteiger charge is 2.33. The van der Waals surface area contributed by atoms with Crippen molar-refractivity contribution in [1.82, 2.24) is 4.98 Å². The number of pyridine rings is 1. The summed E-state index contributed by atoms with van der Waals surface area (Å²) in [5.41, 5.74) is 0.668. The Bertz CT molecular complexity index is 408. The first-order valence-corrected chi connectivity index (χ1v) is 8.33. The van der Waals surface area contributed by atoms with Gasteiger partial charge >= 0.3 is 7.60 Å². The first-order valence-electron chi connectivity index (χ1n) is 5.42. The smallest absolute Gasteiger partial charge is 0.362 e. The van der Waals surface area contributed by atoms with Crippen LogP contribution in [0.5, 0.6) is 0 Å². The standard InChI is InChI=1S/C10H15BrClN2O3P/c1-3-16-18(15,17-4-2)10(11)14-8-5-6-9(12)13-7-8/h5-7,10,14H,3-4H2,1-2H3. The first kappa shape index (κ1) is 15.9. The maximum atomic E-state index is 12.4. The van der Waals surface area contributed by atoms with Gasteiger partial charge in [-0.3, -0.25) is 4.57 Å². The van der Waals surface area contributed by atoms with E-state index < -0.39 is 12.3 Å². The van der Waals surface area contributed by atoms with E-state index in [-0.39, 0.29) is 0 Å². The van der Waals surface area contributed by atoms with Gasteiger partial charge in [0, 0.05) is 0 Å². The summed E-state index contributed by atoms with van der Waals surface area (Å²) in [7, 11) is -3.24. The molecule has 102 valence electrons. The number of rotatable bonds is 7. The SMILES string of the molecule is CCOP(=O)(OCC)C(Br)Nc1ccc(Cl)nc1. The molecule has 0 aromatic carbocycles. The summed E-state index contributed by atoms with van der Waals surface area (Å²) < 4.78 is 22.1. The molecule has 1 atom stereocenters. The second-order valence-electron chi connectivity index (χ2n) is 3.23. The van der Waals surface area contributed by atoms with Gasteiger partial charge in [-0.05, 0) is 26.0 Å². The molecular weight excluding hydrogens is 342 g/mol. The van der Waals surface area contributed by atoms with Gasteiger partial charge in [0.25, 0.3) is 0 Å². The minimum Gasteiger partial charge on any atom is -0.362 e. The normalized spacial score (nSPS) is 13.3. The lowest BCUT2D eigenvalue weighted by Crippen LogP contribution is -2.16. The van der Waals surface area contributed by atoms with Crippen molar-refractivity contribution >= 4 is 40.8 Å². The lowest BCUT2D eigenvalue weighted by atomic mass is 10.4. The van der Waals surface area contributed by atoms with Crippen LogP contribution in [0, 0.1) is 0 Å². The van der Waals surface area contributed by atoms with Crippen molar-refractivity contribution in [1.29, 1.82) is 0 Å². The molecule has 0 aliphatic heterocycles. The molecule has 0 saturated carbocycles. The van der Waals surface area contributed by atoms with Gasteiger partial charge in [-0.15, -0.1) is 0 Å². The Morgan fingerprint density at radius 2 is 2.06 bits per heavy atom. The van der Waals surface area contributed by atoms with Crippen molar-refractivity contribution in [3.63, 3.8) is 0 Å². The minimum atomic E-state index is -3.24. The third-order valence-corrected chi connectivity index (χ3v) is 5.79. The minimum absolute atomic E-state index is 0.305. The van der Waals surface area contributed by atoms with Gasteiger partial charge in [0.2, 0.25) is 0 Å². The van der Waals surface area contributed by atoms with Gasteiger partial charge < -0.3 is 14.4 Å². The second-order valence-corrected chi connectivity index (χ2v) is 7.35. The summed E-state index contributed by atoms with van der Waals surface area (Å²) in [4.78, 5) is 3.92. The zero-order chi connectivity index (χ0) is 13.6. The number of aromatic nitrogens is 1. The molecule has 0 bridgehead atoms. The quantitative estimate of drug-likeness (QED) is 0.345. The maximum Gasteiger partial charge on any atom is 0.363 e. The molecule has 1 unspecified atom stereocenters. The molecular formula is C10H15BrClN2O3P. The number of hydrogen-bond donors (Lipinski definition) is 1. The molecule has 0 radical (unpaired) electrons. The highest BCUT2D eigenvalue weighted by molar-refractivity contribution is 9.10. The van der Waals surface area contributed by atoms with Crippen molar-refractivity contribution < 1.29 is 13.6 Å². The van der Waals surface area contributed by atoms with Crippen LogP contribution in [-0.4, -0.2) is 22.9 Å². The zero-order valence-corrected chi connectivity index (χ0v) is 13.3. The maximum absolute atomic E-state index is 12.4. The van der Waals surface area contributed by atoms with E-state index >= 15 is 0 Å². The van der Waals surface area contributed by atoms with E-state index in [9.17, 15) is 4.57 Å². The molecule has 0 fully saturated rings. The Morgan fingerprint density at radius 1 is 1.44 bits per heavy atom. The summed E-state index contributed by atoms with van der Waals surface area (Å²) in [6, 6.07) is 3.36. The Labute approximate surface area is 120 Å². The largest absolute Gasteiger partial charge is 0.363 e. The van der Waals surface area contributed by atoms with E-state index in [0.29, 0.717) is 24.1 Å². The van der Waals surface area contributed by atoms with Crippen LogP contribution in [0.1, 0.15) is 13.8 Å². The molecule has 0 spiro atoms. The number of nitrogens with zero attached hydrogens (tertiary/aromatic N) is 1. The van der Waals surface area contributed by atoms with Crippen molar-refractivity contribution in [3.8, 4) is 0 Å². The average molecular weight is 358 g/mol. The van der Waals surface area contributed by atoms with E-state index in [0.717, 1.165) is 0 Å². The van der Waals surface area contributed by atoms with E-state index in [2.05, 4.69) is 26.2 Å². The molecule has 1 aromatic heterocycles. The highest BCUT2D eigenvalue weighted by Crippen LogP contribution is 2.55. The Morgan fingerprint density at radius 3 is 2.50 bits per heavy atom. The summed E-state index contributed by atoms with van der Waals surface area (Å²) in [6.07, 6.45) is 1.54. The molecule has 1 N–H and O–H groups in total. The molecule has 18 heavy (non-hydrogen) atoms. The van der Waals surface area contributed by atoms with Crippen LogP contribution in [0.4, 0.5) is 5.69 Å². The first-order chi connectivity index (χ1) is 8.51. The van der Waals surface area contributed by atoms with Gasteiger partial charge in [0.05, 0.1) is 25.1 Å². The zero-order valence-electron chi connectivity index (χ0n) is 10.1. The van der Waals surface area contributed by atoms with Crippen LogP contribution in [0.3, 0.4) is 0 Å². The highest BCUT2D eigenvalue weighted by atomic mass is 79.9. The van der Waals surface area contributed by atoms with E-state index in [1.54, 1.807) is 32.2 Å². The molecule has 5 nitrogen and oxygen atoms in total. The third-order valence-electron chi connectivity index (χ3n) is 1.91. The van der Waals surface area contributed by atoms with E-state index in [1.165, 1.54) is 0 Å². The summed E-state index contributed by atoms with van der Waals surface area (Å²) >= 11 is 8.96. The van der Waals surface area contributed by atoms with Crippen molar-refractivity contribution in [2.45, 2.75) is 18.5 Å². The van der Waals surface area contributed by atoms with Gasteiger partial charge in [-0.1, -0.05) is 27.5 Å². The van der Waals surface area contributed by atoms with Crippen molar-refractivity contribution in [2.24, 2.45) is 0 Å². The summed E-state index contributed by atoms with van der Waals surface area (Å²) in [6.45, 7) is 4.13. The second kappa shape index (κ2) is 7.46.